The van der Waals surface area contributed by atoms with Gasteiger partial charge in [-0.25, -0.2) is 9.78 Å². The summed E-state index contributed by atoms with van der Waals surface area (Å²) in [4.78, 5) is 17.4. The normalized spacial score (nSPS) is 11.8. The Morgan fingerprint density at radius 1 is 1.50 bits per heavy atom. The number of amides is 2. The molecular weight excluding hydrogens is 322 g/mol. The Kier molecular flexibility index (Phi) is 5.63. The molecule has 0 aliphatic rings. The number of aromatic nitrogens is 1. The summed E-state index contributed by atoms with van der Waals surface area (Å²) in [5.41, 5.74) is 0.750. The van der Waals surface area contributed by atoms with E-state index in [9.17, 15) is 4.79 Å². The first-order chi connectivity index (χ1) is 10.5. The summed E-state index contributed by atoms with van der Waals surface area (Å²) < 4.78 is 5.25. The fraction of sp³-hybridized carbons (Fsp3) is 0.333. The van der Waals surface area contributed by atoms with Crippen LogP contribution in [0.2, 0.25) is 5.02 Å². The van der Waals surface area contributed by atoms with Gasteiger partial charge in [-0.3, -0.25) is 0 Å². The van der Waals surface area contributed by atoms with Gasteiger partial charge >= 0.3 is 6.03 Å². The third-order valence-corrected chi connectivity index (χ3v) is 4.53. The largest absolute Gasteiger partial charge is 0.496 e. The molecule has 2 N–H and O–H groups in total. The average molecular weight is 340 g/mol. The molecule has 2 aromatic rings. The molecule has 0 unspecified atom stereocenters. The zero-order valence-corrected chi connectivity index (χ0v) is 14.2. The SMILES string of the molecule is COc1cccc(Cl)c1CNC(=O)N[C@H](C)c1ncc(C)s1. The Labute approximate surface area is 138 Å². The lowest BCUT2D eigenvalue weighted by atomic mass is 10.2. The molecule has 0 fully saturated rings. The number of hydrogen-bond donors (Lipinski definition) is 2. The number of nitrogens with zero attached hydrogens (tertiary/aromatic N) is 1. The molecule has 1 heterocycles. The van der Waals surface area contributed by atoms with Crippen molar-refractivity contribution in [1.29, 1.82) is 0 Å². The van der Waals surface area contributed by atoms with Crippen LogP contribution in [0.15, 0.2) is 24.4 Å². The van der Waals surface area contributed by atoms with Gasteiger partial charge in [0.05, 0.1) is 13.2 Å². The minimum atomic E-state index is -0.276. The van der Waals surface area contributed by atoms with E-state index in [0.717, 1.165) is 15.4 Å². The monoisotopic (exact) mass is 339 g/mol. The molecule has 0 bridgehead atoms. The highest BCUT2D eigenvalue weighted by Gasteiger charge is 2.14. The summed E-state index contributed by atoms with van der Waals surface area (Å²) in [7, 11) is 1.57. The van der Waals surface area contributed by atoms with Crippen molar-refractivity contribution in [2.75, 3.05) is 7.11 Å². The number of ether oxygens (including phenoxy) is 1. The van der Waals surface area contributed by atoms with Gasteiger partial charge in [-0.2, -0.15) is 0 Å². The van der Waals surface area contributed by atoms with Crippen LogP contribution in [0.1, 0.15) is 28.4 Å². The Hall–Kier alpha value is -1.79. The maximum absolute atomic E-state index is 12.0. The summed E-state index contributed by atoms with van der Waals surface area (Å²) >= 11 is 7.70. The number of hydrogen-bond acceptors (Lipinski definition) is 4. The average Bonchev–Trinajstić information content (AvgIpc) is 2.92. The highest BCUT2D eigenvalue weighted by Crippen LogP contribution is 2.26. The number of aryl methyl sites for hydroxylation is 1. The van der Waals surface area contributed by atoms with Gasteiger partial charge in [-0.05, 0) is 26.0 Å². The van der Waals surface area contributed by atoms with Crippen molar-refractivity contribution < 1.29 is 9.53 Å². The summed E-state index contributed by atoms with van der Waals surface area (Å²) in [5.74, 6) is 0.649. The van der Waals surface area contributed by atoms with E-state index in [0.29, 0.717) is 10.8 Å². The van der Waals surface area contributed by atoms with Crippen molar-refractivity contribution >= 4 is 29.0 Å². The second kappa shape index (κ2) is 7.47. The molecule has 2 amide bonds. The van der Waals surface area contributed by atoms with Crippen molar-refractivity contribution in [3.05, 3.63) is 44.9 Å². The molecule has 5 nitrogen and oxygen atoms in total. The molecule has 0 aliphatic heterocycles. The van der Waals surface area contributed by atoms with E-state index in [1.807, 2.05) is 19.9 Å². The van der Waals surface area contributed by atoms with Gasteiger partial charge in [0.15, 0.2) is 0 Å². The van der Waals surface area contributed by atoms with Crippen LogP contribution < -0.4 is 15.4 Å². The highest BCUT2D eigenvalue weighted by atomic mass is 35.5. The van der Waals surface area contributed by atoms with E-state index in [-0.39, 0.29) is 18.6 Å². The van der Waals surface area contributed by atoms with Gasteiger partial charge in [0.1, 0.15) is 10.8 Å². The van der Waals surface area contributed by atoms with E-state index in [1.54, 1.807) is 36.8 Å². The predicted molar refractivity (Wildman–Crippen MR) is 88.6 cm³/mol. The van der Waals surface area contributed by atoms with Gasteiger partial charge in [0.25, 0.3) is 0 Å². The molecule has 22 heavy (non-hydrogen) atoms. The number of thiazole rings is 1. The molecule has 2 rings (SSSR count). The van der Waals surface area contributed by atoms with Crippen molar-refractivity contribution in [2.45, 2.75) is 26.4 Å². The third kappa shape index (κ3) is 4.11. The first-order valence-corrected chi connectivity index (χ1v) is 7.98. The van der Waals surface area contributed by atoms with Crippen LogP contribution in [-0.4, -0.2) is 18.1 Å². The van der Waals surface area contributed by atoms with Crippen LogP contribution in [0.3, 0.4) is 0 Å². The molecule has 0 spiro atoms. The smallest absolute Gasteiger partial charge is 0.315 e. The van der Waals surface area contributed by atoms with Crippen molar-refractivity contribution in [1.82, 2.24) is 15.6 Å². The topological polar surface area (TPSA) is 63.2 Å². The summed E-state index contributed by atoms with van der Waals surface area (Å²) in [6, 6.07) is 4.95. The summed E-state index contributed by atoms with van der Waals surface area (Å²) in [6.45, 7) is 4.17. The molecule has 1 atom stereocenters. The lowest BCUT2D eigenvalue weighted by Gasteiger charge is -2.14. The van der Waals surface area contributed by atoms with Crippen LogP contribution in [0, 0.1) is 6.92 Å². The van der Waals surface area contributed by atoms with Gasteiger partial charge in [-0.15, -0.1) is 11.3 Å². The zero-order valence-electron chi connectivity index (χ0n) is 12.6. The molecule has 0 aliphatic carbocycles. The third-order valence-electron chi connectivity index (χ3n) is 3.08. The Bertz CT molecular complexity index is 660. The fourth-order valence-corrected chi connectivity index (χ4v) is 2.96. The predicted octanol–water partition coefficient (Wildman–Crippen LogP) is 3.67. The van der Waals surface area contributed by atoms with Gasteiger partial charge in [0, 0.05) is 28.2 Å². The summed E-state index contributed by atoms with van der Waals surface area (Å²) in [5, 5.41) is 7.07. The number of benzene rings is 1. The van der Waals surface area contributed by atoms with Gasteiger partial charge in [-0.1, -0.05) is 17.7 Å². The molecule has 1 aromatic carbocycles. The highest BCUT2D eigenvalue weighted by molar-refractivity contribution is 7.11. The van der Waals surface area contributed by atoms with Gasteiger partial charge in [0.2, 0.25) is 0 Å². The van der Waals surface area contributed by atoms with E-state index < -0.39 is 0 Å². The number of urea groups is 1. The number of rotatable bonds is 5. The number of carbonyl (C=O) groups is 1. The van der Waals surface area contributed by atoms with E-state index >= 15 is 0 Å². The van der Waals surface area contributed by atoms with Crippen LogP contribution in [0.4, 0.5) is 4.79 Å². The number of methoxy groups -OCH3 is 1. The molecular formula is C15H18ClN3O2S. The molecule has 7 heteroatoms. The van der Waals surface area contributed by atoms with Crippen LogP contribution in [0.5, 0.6) is 5.75 Å². The second-order valence-electron chi connectivity index (χ2n) is 4.78. The van der Waals surface area contributed by atoms with E-state index in [4.69, 9.17) is 16.3 Å². The number of nitrogens with one attached hydrogen (secondary N) is 2. The molecule has 1 aromatic heterocycles. The van der Waals surface area contributed by atoms with Crippen molar-refractivity contribution in [3.63, 3.8) is 0 Å². The van der Waals surface area contributed by atoms with Crippen LogP contribution in [-0.2, 0) is 6.54 Å². The minimum absolute atomic E-state index is 0.146. The van der Waals surface area contributed by atoms with E-state index in [1.165, 1.54) is 0 Å². The lowest BCUT2D eigenvalue weighted by Crippen LogP contribution is -2.36. The summed E-state index contributed by atoms with van der Waals surface area (Å²) in [6.07, 6.45) is 1.80. The quantitative estimate of drug-likeness (QED) is 0.873. The number of carbonyl (C=O) groups excluding carboxylic acids is 1. The van der Waals surface area contributed by atoms with Gasteiger partial charge < -0.3 is 15.4 Å². The molecule has 0 saturated carbocycles. The zero-order chi connectivity index (χ0) is 16.1. The fourth-order valence-electron chi connectivity index (χ4n) is 1.95. The van der Waals surface area contributed by atoms with Crippen molar-refractivity contribution in [3.8, 4) is 5.75 Å². The lowest BCUT2D eigenvalue weighted by molar-refractivity contribution is 0.237. The molecule has 0 saturated heterocycles. The first-order valence-electron chi connectivity index (χ1n) is 6.79. The van der Waals surface area contributed by atoms with Crippen LogP contribution >= 0.6 is 22.9 Å². The maximum Gasteiger partial charge on any atom is 0.315 e. The standard InChI is InChI=1S/C15H18ClN3O2S/c1-9-7-17-14(22-9)10(2)19-15(20)18-8-11-12(16)5-4-6-13(11)21-3/h4-7,10H,8H2,1-3H3,(H2,18,19,20)/t10-/m1/s1. The number of halogens is 1. The Morgan fingerprint density at radius 2 is 2.27 bits per heavy atom. The molecule has 118 valence electrons. The van der Waals surface area contributed by atoms with Crippen molar-refractivity contribution in [2.24, 2.45) is 0 Å². The van der Waals surface area contributed by atoms with E-state index in [2.05, 4.69) is 15.6 Å². The molecule has 0 radical (unpaired) electrons. The maximum atomic E-state index is 12.0. The Morgan fingerprint density at radius 3 is 2.91 bits per heavy atom. The van der Waals surface area contributed by atoms with Crippen LogP contribution in [0.25, 0.3) is 0 Å². The first kappa shape index (κ1) is 16.6. The Balaban J connectivity index is 1.93. The second-order valence-corrected chi connectivity index (χ2v) is 6.45. The minimum Gasteiger partial charge on any atom is -0.496 e.